The Hall–Kier alpha value is -3.36. The van der Waals surface area contributed by atoms with Gasteiger partial charge in [-0.2, -0.15) is 0 Å². The minimum atomic E-state index is -4.13. The van der Waals surface area contributed by atoms with Gasteiger partial charge < -0.3 is 10.2 Å². The summed E-state index contributed by atoms with van der Waals surface area (Å²) in [6, 6.07) is 19.5. The fourth-order valence-electron chi connectivity index (χ4n) is 3.98. The average Bonchev–Trinajstić information content (AvgIpc) is 2.87. The van der Waals surface area contributed by atoms with Crippen molar-refractivity contribution in [1.82, 2.24) is 10.2 Å². The molecule has 0 spiro atoms. The molecule has 1 atom stereocenters. The van der Waals surface area contributed by atoms with Gasteiger partial charge in [0.1, 0.15) is 12.6 Å². The van der Waals surface area contributed by atoms with Crippen molar-refractivity contribution in [3.63, 3.8) is 0 Å². The molecule has 0 bridgehead atoms. The molecule has 3 aromatic rings. The molecule has 3 rings (SSSR count). The first-order chi connectivity index (χ1) is 17.9. The molecule has 1 N–H and O–H groups in total. The topological polar surface area (TPSA) is 86.8 Å². The van der Waals surface area contributed by atoms with Gasteiger partial charge in [-0.05, 0) is 70.0 Å². The van der Waals surface area contributed by atoms with Crippen molar-refractivity contribution < 1.29 is 18.0 Å². The van der Waals surface area contributed by atoms with Crippen LogP contribution in [0.5, 0.6) is 0 Å². The number of nitrogens with one attached hydrogen (secondary N) is 1. The molecular weight excluding hydrogens is 522 g/mol. The zero-order valence-electron chi connectivity index (χ0n) is 22.3. The van der Waals surface area contributed by atoms with E-state index in [0.29, 0.717) is 5.02 Å². The van der Waals surface area contributed by atoms with E-state index in [4.69, 9.17) is 11.6 Å². The summed E-state index contributed by atoms with van der Waals surface area (Å²) in [7, 11) is -4.13. The van der Waals surface area contributed by atoms with E-state index in [1.54, 1.807) is 37.3 Å². The molecule has 0 saturated heterocycles. The molecule has 0 heterocycles. The summed E-state index contributed by atoms with van der Waals surface area (Å²) in [6.45, 7) is 8.71. The van der Waals surface area contributed by atoms with Crippen LogP contribution in [-0.2, 0) is 26.2 Å². The molecule has 0 aliphatic rings. The van der Waals surface area contributed by atoms with E-state index in [0.717, 1.165) is 21.0 Å². The Morgan fingerprint density at radius 2 is 1.61 bits per heavy atom. The lowest BCUT2D eigenvalue weighted by Gasteiger charge is -2.32. The SMILES string of the molecule is Cc1cccc(CN(C(=O)CN(c2ccc(C)c(Cl)c2)S(=O)(=O)c2ccccc2)C(C)C(=O)NC(C)C)c1. The minimum Gasteiger partial charge on any atom is -0.352 e. The van der Waals surface area contributed by atoms with Crippen LogP contribution >= 0.6 is 11.6 Å². The van der Waals surface area contributed by atoms with Gasteiger partial charge in [-0.15, -0.1) is 0 Å². The van der Waals surface area contributed by atoms with Crippen molar-refractivity contribution in [3.8, 4) is 0 Å². The minimum absolute atomic E-state index is 0.0420. The number of halogens is 1. The quantitative estimate of drug-likeness (QED) is 0.377. The van der Waals surface area contributed by atoms with E-state index < -0.39 is 28.5 Å². The predicted molar refractivity (Wildman–Crippen MR) is 152 cm³/mol. The van der Waals surface area contributed by atoms with Gasteiger partial charge in [0.25, 0.3) is 10.0 Å². The number of amides is 2. The Morgan fingerprint density at radius 3 is 2.21 bits per heavy atom. The molecule has 38 heavy (non-hydrogen) atoms. The van der Waals surface area contributed by atoms with Crippen molar-refractivity contribution >= 4 is 39.1 Å². The monoisotopic (exact) mass is 555 g/mol. The van der Waals surface area contributed by atoms with Gasteiger partial charge in [0.05, 0.1) is 10.6 Å². The molecule has 1 unspecified atom stereocenters. The molecule has 0 saturated carbocycles. The zero-order chi connectivity index (χ0) is 28.0. The predicted octanol–water partition coefficient (Wildman–Crippen LogP) is 5.09. The smallest absolute Gasteiger partial charge is 0.264 e. The van der Waals surface area contributed by atoms with Gasteiger partial charge in [0, 0.05) is 17.6 Å². The number of carbonyl (C=O) groups is 2. The molecule has 0 aliphatic carbocycles. The molecule has 0 fully saturated rings. The first kappa shape index (κ1) is 29.2. The Balaban J connectivity index is 2.05. The van der Waals surface area contributed by atoms with Crippen LogP contribution in [0.2, 0.25) is 5.02 Å². The van der Waals surface area contributed by atoms with Gasteiger partial charge in [0.15, 0.2) is 0 Å². The lowest BCUT2D eigenvalue weighted by atomic mass is 10.1. The third kappa shape index (κ3) is 7.14. The summed E-state index contributed by atoms with van der Waals surface area (Å²) >= 11 is 6.35. The van der Waals surface area contributed by atoms with Gasteiger partial charge >= 0.3 is 0 Å². The summed E-state index contributed by atoms with van der Waals surface area (Å²) in [4.78, 5) is 28.3. The highest BCUT2D eigenvalue weighted by Crippen LogP contribution is 2.28. The normalized spacial score (nSPS) is 12.2. The van der Waals surface area contributed by atoms with Crippen LogP contribution in [0.1, 0.15) is 37.5 Å². The Kier molecular flexibility index (Phi) is 9.57. The first-order valence-corrected chi connectivity index (χ1v) is 14.2. The van der Waals surface area contributed by atoms with Gasteiger partial charge in [0.2, 0.25) is 11.8 Å². The number of carbonyl (C=O) groups excluding carboxylic acids is 2. The molecule has 0 aliphatic heterocycles. The van der Waals surface area contributed by atoms with Crippen LogP contribution in [0.15, 0.2) is 77.7 Å². The number of rotatable bonds is 10. The lowest BCUT2D eigenvalue weighted by molar-refractivity contribution is -0.139. The second-order valence-electron chi connectivity index (χ2n) is 9.61. The van der Waals surface area contributed by atoms with E-state index in [1.807, 2.05) is 52.0 Å². The fraction of sp³-hybridized carbons (Fsp3) is 0.310. The maximum atomic E-state index is 13.9. The molecule has 0 radical (unpaired) electrons. The molecule has 2 amide bonds. The van der Waals surface area contributed by atoms with Crippen LogP contribution in [0.25, 0.3) is 0 Å². The Morgan fingerprint density at radius 1 is 0.921 bits per heavy atom. The number of aryl methyl sites for hydroxylation is 2. The van der Waals surface area contributed by atoms with Crippen molar-refractivity contribution in [2.75, 3.05) is 10.8 Å². The maximum Gasteiger partial charge on any atom is 0.264 e. The van der Waals surface area contributed by atoms with E-state index in [1.165, 1.54) is 23.1 Å². The summed E-state index contributed by atoms with van der Waals surface area (Å²) in [5, 5.41) is 3.23. The molecule has 7 nitrogen and oxygen atoms in total. The second kappa shape index (κ2) is 12.5. The molecule has 0 aromatic heterocycles. The highest BCUT2D eigenvalue weighted by atomic mass is 35.5. The van der Waals surface area contributed by atoms with E-state index in [2.05, 4.69) is 5.32 Å². The largest absolute Gasteiger partial charge is 0.352 e. The summed E-state index contributed by atoms with van der Waals surface area (Å²) in [5.41, 5.74) is 2.88. The van der Waals surface area contributed by atoms with Crippen molar-refractivity contribution in [1.29, 1.82) is 0 Å². The molecule has 9 heteroatoms. The highest BCUT2D eigenvalue weighted by molar-refractivity contribution is 7.92. The molecule has 3 aromatic carbocycles. The average molecular weight is 556 g/mol. The zero-order valence-corrected chi connectivity index (χ0v) is 23.9. The van der Waals surface area contributed by atoms with Crippen molar-refractivity contribution in [2.24, 2.45) is 0 Å². The number of sulfonamides is 1. The second-order valence-corrected chi connectivity index (χ2v) is 11.9. The van der Waals surface area contributed by atoms with E-state index >= 15 is 0 Å². The fourth-order valence-corrected chi connectivity index (χ4v) is 5.58. The maximum absolute atomic E-state index is 13.9. The summed E-state index contributed by atoms with van der Waals surface area (Å²) < 4.78 is 28.6. The third-order valence-electron chi connectivity index (χ3n) is 6.09. The Bertz CT molecular complexity index is 1390. The third-order valence-corrected chi connectivity index (χ3v) is 8.28. The van der Waals surface area contributed by atoms with Gasteiger partial charge in [-0.3, -0.25) is 13.9 Å². The van der Waals surface area contributed by atoms with Crippen LogP contribution in [-0.4, -0.2) is 43.8 Å². The summed E-state index contributed by atoms with van der Waals surface area (Å²) in [5.74, 6) is -0.842. The van der Waals surface area contributed by atoms with Crippen LogP contribution in [0, 0.1) is 13.8 Å². The van der Waals surface area contributed by atoms with Gasteiger partial charge in [-0.1, -0.05) is 65.7 Å². The van der Waals surface area contributed by atoms with E-state index in [9.17, 15) is 18.0 Å². The Labute approximate surface area is 230 Å². The lowest BCUT2D eigenvalue weighted by Crippen LogP contribution is -2.52. The molecular formula is C29H34ClN3O4S. The van der Waals surface area contributed by atoms with E-state index in [-0.39, 0.29) is 29.1 Å². The molecule has 202 valence electrons. The number of hydrogen-bond donors (Lipinski definition) is 1. The summed E-state index contributed by atoms with van der Waals surface area (Å²) in [6.07, 6.45) is 0. The highest BCUT2D eigenvalue weighted by Gasteiger charge is 2.32. The number of hydrogen-bond acceptors (Lipinski definition) is 4. The van der Waals surface area contributed by atoms with Crippen molar-refractivity contribution in [2.45, 2.75) is 58.1 Å². The number of anilines is 1. The van der Waals surface area contributed by atoms with Crippen LogP contribution in [0.4, 0.5) is 5.69 Å². The number of benzene rings is 3. The van der Waals surface area contributed by atoms with Crippen LogP contribution in [0.3, 0.4) is 0 Å². The van der Waals surface area contributed by atoms with Crippen LogP contribution < -0.4 is 9.62 Å². The van der Waals surface area contributed by atoms with Gasteiger partial charge in [-0.25, -0.2) is 8.42 Å². The standard InChI is InChI=1S/C29H34ClN3O4S/c1-20(2)31-29(35)23(5)32(18-24-11-9-10-21(3)16-24)28(34)19-33(25-15-14-22(4)27(30)17-25)38(36,37)26-12-7-6-8-13-26/h6-17,20,23H,18-19H2,1-5H3,(H,31,35). The first-order valence-electron chi connectivity index (χ1n) is 12.4. The van der Waals surface area contributed by atoms with Crippen molar-refractivity contribution in [3.05, 3.63) is 94.5 Å². The number of nitrogens with zero attached hydrogens (tertiary/aromatic N) is 2.